The van der Waals surface area contributed by atoms with Crippen LogP contribution in [0.25, 0.3) is 6.08 Å². The van der Waals surface area contributed by atoms with Gasteiger partial charge >= 0.3 is 11.9 Å². The Bertz CT molecular complexity index is 1150. The lowest BCUT2D eigenvalue weighted by Gasteiger charge is -2.62. The third-order valence-corrected chi connectivity index (χ3v) is 11.9. The molecule has 4 fully saturated rings. The number of aromatic hydroxyl groups is 1. The summed E-state index contributed by atoms with van der Waals surface area (Å²) < 4.78 is 4.86. The highest BCUT2D eigenvalue weighted by Gasteiger charge is 2.62. The second-order valence-corrected chi connectivity index (χ2v) is 14.0. The summed E-state index contributed by atoms with van der Waals surface area (Å²) >= 11 is 0. The molecule has 4 aliphatic rings. The van der Waals surface area contributed by atoms with Gasteiger partial charge in [-0.2, -0.15) is 0 Å². The number of phenols is 1. The molecule has 1 aromatic rings. The van der Waals surface area contributed by atoms with Crippen molar-refractivity contribution in [2.75, 3.05) is 7.11 Å². The van der Waals surface area contributed by atoms with E-state index in [4.69, 9.17) is 14.9 Å². The van der Waals surface area contributed by atoms with Crippen LogP contribution in [0.5, 0.6) is 11.5 Å². The second-order valence-electron chi connectivity index (χ2n) is 14.0. The molecule has 0 amide bonds. The molecule has 5 N–H and O–H groups in total. The molecule has 0 heterocycles. The maximum Gasteiger partial charge on any atom is 0.328 e. The number of benzene rings is 1. The van der Waals surface area contributed by atoms with Gasteiger partial charge in [0.15, 0.2) is 11.5 Å². The fraction of sp³-hybridized carbons (Fsp3) is 0.706. The predicted octanol–water partition coefficient (Wildman–Crippen LogP) is 5.98. The average Bonchev–Trinajstić information content (AvgIpc) is 3.29. The number of methoxy groups -OCH3 is 1. The minimum atomic E-state index is -1.02. The van der Waals surface area contributed by atoms with Crippen LogP contribution < -0.4 is 4.74 Å². The molecule has 1 aromatic carbocycles. The predicted molar refractivity (Wildman–Crippen MR) is 160 cm³/mol. The van der Waals surface area contributed by atoms with Gasteiger partial charge in [0.2, 0.25) is 0 Å². The number of aliphatic hydroxyl groups excluding tert-OH is 2. The second kappa shape index (κ2) is 13.0. The van der Waals surface area contributed by atoms with Crippen molar-refractivity contribution in [1.29, 1.82) is 0 Å². The zero-order valence-corrected chi connectivity index (χ0v) is 25.5. The number of hydrogen-bond acceptors (Lipinski definition) is 6. The van der Waals surface area contributed by atoms with Gasteiger partial charge in [-0.3, -0.25) is 4.79 Å². The van der Waals surface area contributed by atoms with Crippen LogP contribution in [0, 0.1) is 46.3 Å². The Hall–Kier alpha value is -2.58. The molecule has 42 heavy (non-hydrogen) atoms. The van der Waals surface area contributed by atoms with E-state index in [0.29, 0.717) is 46.8 Å². The highest BCUT2D eigenvalue weighted by Crippen LogP contribution is 2.68. The Balaban J connectivity index is 0.000000244. The molecule has 234 valence electrons. The number of carbonyl (C=O) groups is 2. The summed E-state index contributed by atoms with van der Waals surface area (Å²) in [6, 6.07) is 4.59. The maximum atomic E-state index is 11.2. The maximum absolute atomic E-state index is 11.2. The first-order valence-electron chi connectivity index (χ1n) is 15.7. The summed E-state index contributed by atoms with van der Waals surface area (Å²) in [6.07, 6.45) is 11.6. The Morgan fingerprint density at radius 3 is 2.38 bits per heavy atom. The molecule has 4 unspecified atom stereocenters. The van der Waals surface area contributed by atoms with Crippen LogP contribution in [0.15, 0.2) is 24.3 Å². The minimum absolute atomic E-state index is 0.0278. The first-order chi connectivity index (χ1) is 19.8. The molecule has 0 spiro atoms. The van der Waals surface area contributed by atoms with Crippen molar-refractivity contribution in [2.45, 2.75) is 97.2 Å². The standard InChI is InChI=1S/C24H40O4.C10H10O4/c1-14(4-7-21(27)28)17-5-6-18-22-19(9-11-24(17,18)3)23(2)10-8-16(25)12-15(23)13-20(22)26;1-14-9-6-7(2-4-8(9)11)3-5-10(12)13/h14-20,22,25-26H,4-13H2,1-3H3,(H,27,28);2-6,11H,1H3,(H,12,13)/b;5-3+/t14-,15+,16-,17-,18?,19?,20+,22?,23+,24?;/m1./s1. The third-order valence-electron chi connectivity index (χ3n) is 11.9. The quantitative estimate of drug-likeness (QED) is 0.246. The van der Waals surface area contributed by atoms with E-state index in [2.05, 4.69) is 20.8 Å². The summed E-state index contributed by atoms with van der Waals surface area (Å²) in [5.74, 6) is 1.68. The zero-order chi connectivity index (χ0) is 30.8. The van der Waals surface area contributed by atoms with E-state index in [9.17, 15) is 24.9 Å². The van der Waals surface area contributed by atoms with Crippen LogP contribution in [0.2, 0.25) is 0 Å². The average molecular weight is 587 g/mol. The molecular formula is C34H50O8. The molecule has 0 aliphatic heterocycles. The largest absolute Gasteiger partial charge is 0.504 e. The Kier molecular flexibility index (Phi) is 9.98. The van der Waals surface area contributed by atoms with Crippen LogP contribution in [0.4, 0.5) is 0 Å². The van der Waals surface area contributed by atoms with Crippen LogP contribution in [0.1, 0.15) is 90.5 Å². The summed E-state index contributed by atoms with van der Waals surface area (Å²) in [7, 11) is 1.43. The number of ether oxygens (including phenoxy) is 1. The van der Waals surface area contributed by atoms with Gasteiger partial charge in [0, 0.05) is 12.5 Å². The van der Waals surface area contributed by atoms with E-state index in [1.54, 1.807) is 12.1 Å². The Morgan fingerprint density at radius 2 is 1.71 bits per heavy atom. The van der Waals surface area contributed by atoms with Crippen LogP contribution >= 0.6 is 0 Å². The number of hydrogen-bond donors (Lipinski definition) is 5. The van der Waals surface area contributed by atoms with Gasteiger partial charge in [-0.25, -0.2) is 4.79 Å². The van der Waals surface area contributed by atoms with E-state index in [1.807, 2.05) is 0 Å². The van der Waals surface area contributed by atoms with E-state index >= 15 is 0 Å². The van der Waals surface area contributed by atoms with Crippen molar-refractivity contribution < 1.29 is 39.9 Å². The Labute approximate surface area is 249 Å². The fourth-order valence-electron chi connectivity index (χ4n) is 9.69. The smallest absolute Gasteiger partial charge is 0.328 e. The number of phenolic OH excluding ortho intramolecular Hbond substituents is 1. The first-order valence-corrected chi connectivity index (χ1v) is 15.7. The van der Waals surface area contributed by atoms with Crippen molar-refractivity contribution in [3.63, 3.8) is 0 Å². The number of rotatable bonds is 7. The lowest BCUT2D eigenvalue weighted by atomic mass is 9.43. The molecule has 10 atom stereocenters. The van der Waals surface area contributed by atoms with Crippen molar-refractivity contribution >= 4 is 18.0 Å². The van der Waals surface area contributed by atoms with E-state index in [0.717, 1.165) is 38.2 Å². The van der Waals surface area contributed by atoms with E-state index in [-0.39, 0.29) is 35.2 Å². The number of aliphatic hydroxyl groups is 2. The number of carboxylic acids is 2. The molecule has 4 aliphatic carbocycles. The lowest BCUT2D eigenvalue weighted by Crippen LogP contribution is -2.58. The summed E-state index contributed by atoms with van der Waals surface area (Å²) in [5.41, 5.74) is 1.18. The minimum Gasteiger partial charge on any atom is -0.504 e. The SMILES string of the molecule is COc1cc(/C=C/C(=O)O)ccc1O.C[C@H](CCC(=O)O)[C@H]1CCC2C3C(CCC21C)[C@@]1(C)CC[C@@H](O)C[C@H]1C[C@@H]3O. The van der Waals surface area contributed by atoms with Crippen molar-refractivity contribution in [3.8, 4) is 11.5 Å². The summed E-state index contributed by atoms with van der Waals surface area (Å²) in [5, 5.41) is 48.2. The van der Waals surface area contributed by atoms with Crippen LogP contribution in [-0.2, 0) is 9.59 Å². The summed E-state index contributed by atoms with van der Waals surface area (Å²) in [6.45, 7) is 7.16. The number of fused-ring (bicyclic) bond motifs is 5. The van der Waals surface area contributed by atoms with Gasteiger partial charge in [-0.1, -0.05) is 26.8 Å². The van der Waals surface area contributed by atoms with Gasteiger partial charge in [0.05, 0.1) is 19.3 Å². The van der Waals surface area contributed by atoms with Crippen molar-refractivity contribution in [2.24, 2.45) is 46.3 Å². The molecule has 0 bridgehead atoms. The van der Waals surface area contributed by atoms with Gasteiger partial charge in [0.1, 0.15) is 0 Å². The Morgan fingerprint density at radius 1 is 1.02 bits per heavy atom. The monoisotopic (exact) mass is 586 g/mol. The zero-order valence-electron chi connectivity index (χ0n) is 25.5. The van der Waals surface area contributed by atoms with Crippen molar-refractivity contribution in [1.82, 2.24) is 0 Å². The topological polar surface area (TPSA) is 145 Å². The molecule has 0 radical (unpaired) electrons. The van der Waals surface area contributed by atoms with Crippen LogP contribution in [0.3, 0.4) is 0 Å². The molecular weight excluding hydrogens is 536 g/mol. The summed E-state index contributed by atoms with van der Waals surface area (Å²) in [4.78, 5) is 21.3. The fourth-order valence-corrected chi connectivity index (χ4v) is 9.69. The van der Waals surface area contributed by atoms with E-state index < -0.39 is 11.9 Å². The van der Waals surface area contributed by atoms with Crippen molar-refractivity contribution in [3.05, 3.63) is 29.8 Å². The molecule has 0 aromatic heterocycles. The molecule has 8 heteroatoms. The molecule has 5 rings (SSSR count). The normalized spacial score (nSPS) is 37.9. The van der Waals surface area contributed by atoms with E-state index in [1.165, 1.54) is 44.9 Å². The highest BCUT2D eigenvalue weighted by atomic mass is 16.5. The lowest BCUT2D eigenvalue weighted by molar-refractivity contribution is -0.174. The van der Waals surface area contributed by atoms with Gasteiger partial charge < -0.3 is 30.3 Å². The number of aliphatic carboxylic acids is 2. The first kappa shape index (κ1) is 32.3. The molecule has 0 saturated heterocycles. The third kappa shape index (κ3) is 6.49. The molecule has 8 nitrogen and oxygen atoms in total. The highest BCUT2D eigenvalue weighted by molar-refractivity contribution is 5.85. The van der Waals surface area contributed by atoms with Gasteiger partial charge in [-0.05, 0) is 128 Å². The molecule has 4 saturated carbocycles. The van der Waals surface area contributed by atoms with Crippen LogP contribution in [-0.4, -0.2) is 56.8 Å². The number of carboxylic acid groups (broad SMARTS) is 2. The van der Waals surface area contributed by atoms with Gasteiger partial charge in [-0.15, -0.1) is 0 Å². The van der Waals surface area contributed by atoms with Gasteiger partial charge in [0.25, 0.3) is 0 Å².